The van der Waals surface area contributed by atoms with Crippen molar-refractivity contribution in [2.24, 2.45) is 7.05 Å². The molecule has 0 fully saturated rings. The molecule has 0 aliphatic carbocycles. The molecule has 0 spiro atoms. The molecule has 3 heterocycles. The van der Waals surface area contributed by atoms with Crippen LogP contribution in [0.1, 0.15) is 31.9 Å². The summed E-state index contributed by atoms with van der Waals surface area (Å²) in [7, 11) is 2.21. The van der Waals surface area contributed by atoms with E-state index in [1.54, 1.807) is 0 Å². The molecule has 0 N–H and O–H groups in total. The molecular weight excluding hydrogens is 472 g/mol. The fraction of sp³-hybridized carbons (Fsp3) is 0.162. The number of aryl methyl sites for hydroxylation is 2. The smallest absolute Gasteiger partial charge is 0.224 e. The van der Waals surface area contributed by atoms with Gasteiger partial charge in [0, 0.05) is 16.8 Å². The number of rotatable bonds is 1. The number of pyridine rings is 2. The van der Waals surface area contributed by atoms with Gasteiger partial charge in [0.25, 0.3) is 0 Å². The molecular formula is C37H31N2+. The van der Waals surface area contributed by atoms with Crippen LogP contribution in [-0.4, -0.2) is 4.40 Å². The first-order chi connectivity index (χ1) is 18.9. The van der Waals surface area contributed by atoms with Crippen LogP contribution in [-0.2, 0) is 12.5 Å². The number of benzene rings is 5. The molecule has 0 radical (unpaired) electrons. The Labute approximate surface area is 228 Å². The number of aromatic nitrogens is 2. The maximum Gasteiger partial charge on any atom is 0.224 e. The first kappa shape index (κ1) is 22.5. The average molecular weight is 504 g/mol. The minimum atomic E-state index is -0.0594. The lowest BCUT2D eigenvalue weighted by Crippen LogP contribution is -2.29. The van der Waals surface area contributed by atoms with Crippen LogP contribution in [0.4, 0.5) is 0 Å². The van der Waals surface area contributed by atoms with Gasteiger partial charge in [-0.3, -0.25) is 0 Å². The van der Waals surface area contributed by atoms with Crippen LogP contribution in [0.3, 0.4) is 0 Å². The van der Waals surface area contributed by atoms with E-state index in [0.717, 1.165) is 0 Å². The van der Waals surface area contributed by atoms with Gasteiger partial charge in [-0.1, -0.05) is 93.6 Å². The molecule has 0 saturated heterocycles. The van der Waals surface area contributed by atoms with E-state index in [1.807, 2.05) is 0 Å². The average Bonchev–Trinajstić information content (AvgIpc) is 3.29. The van der Waals surface area contributed by atoms with E-state index < -0.39 is 0 Å². The third-order valence-corrected chi connectivity index (χ3v) is 8.78. The summed E-state index contributed by atoms with van der Waals surface area (Å²) >= 11 is 0. The number of nitrogens with zero attached hydrogens (tertiary/aromatic N) is 2. The van der Waals surface area contributed by atoms with E-state index in [1.165, 1.54) is 82.0 Å². The van der Waals surface area contributed by atoms with Crippen molar-refractivity contribution in [1.29, 1.82) is 0 Å². The summed E-state index contributed by atoms with van der Waals surface area (Å²) in [4.78, 5) is 0. The number of para-hydroxylation sites is 1. The molecule has 8 rings (SSSR count). The molecule has 2 heteroatoms. The van der Waals surface area contributed by atoms with E-state index >= 15 is 0 Å². The van der Waals surface area contributed by atoms with E-state index in [-0.39, 0.29) is 5.41 Å². The highest BCUT2D eigenvalue weighted by atomic mass is 15.0. The largest absolute Gasteiger partial charge is 0.307 e. The fourth-order valence-corrected chi connectivity index (χ4v) is 7.25. The summed E-state index contributed by atoms with van der Waals surface area (Å²) in [5, 5.41) is 9.33. The molecule has 0 amide bonds. The Balaban J connectivity index is 1.83. The zero-order chi connectivity index (χ0) is 26.6. The van der Waals surface area contributed by atoms with Crippen molar-refractivity contribution in [2.45, 2.75) is 33.1 Å². The van der Waals surface area contributed by atoms with Crippen molar-refractivity contribution in [3.8, 4) is 11.1 Å². The Kier molecular flexibility index (Phi) is 4.38. The molecule has 5 aromatic carbocycles. The van der Waals surface area contributed by atoms with Crippen molar-refractivity contribution in [3.63, 3.8) is 0 Å². The number of hydrogen-bond acceptors (Lipinski definition) is 0. The first-order valence-electron chi connectivity index (χ1n) is 13.9. The van der Waals surface area contributed by atoms with Crippen LogP contribution in [0.2, 0.25) is 0 Å². The molecule has 2 nitrogen and oxygen atoms in total. The molecule has 39 heavy (non-hydrogen) atoms. The minimum Gasteiger partial charge on any atom is -0.307 e. The highest BCUT2D eigenvalue weighted by Crippen LogP contribution is 2.48. The predicted molar refractivity (Wildman–Crippen MR) is 166 cm³/mol. The maximum absolute atomic E-state index is 2.61. The Morgan fingerprint density at radius 3 is 2.08 bits per heavy atom. The van der Waals surface area contributed by atoms with Crippen LogP contribution in [0, 0.1) is 6.92 Å². The second kappa shape index (κ2) is 7.57. The standard InChI is InChI=1S/C37H31N2/c1-22-25-15-9-10-16-26(25)33(37(2,3)4)36-30(22)34-31-24(19-20-38(34)5)21-28(23-13-7-6-8-14-23)32-27-17-11-12-18-29(27)39(36)35(31)32/h6-21H,1-5H3/q+1. The molecule has 188 valence electrons. The van der Waals surface area contributed by atoms with E-state index in [0.29, 0.717) is 0 Å². The monoisotopic (exact) mass is 503 g/mol. The Morgan fingerprint density at radius 1 is 0.667 bits per heavy atom. The van der Waals surface area contributed by atoms with Gasteiger partial charge in [-0.05, 0) is 62.9 Å². The van der Waals surface area contributed by atoms with Gasteiger partial charge < -0.3 is 4.40 Å². The molecule has 3 aromatic heterocycles. The van der Waals surface area contributed by atoms with Gasteiger partial charge in [-0.15, -0.1) is 0 Å². The van der Waals surface area contributed by atoms with Crippen LogP contribution in [0.5, 0.6) is 0 Å². The number of fused-ring (bicyclic) bond motifs is 7. The summed E-state index contributed by atoms with van der Waals surface area (Å²) in [6.07, 6.45) is 2.24. The molecule has 8 aromatic rings. The Morgan fingerprint density at radius 2 is 1.33 bits per heavy atom. The van der Waals surface area contributed by atoms with E-state index in [9.17, 15) is 0 Å². The molecule has 0 saturated carbocycles. The maximum atomic E-state index is 2.61. The lowest BCUT2D eigenvalue weighted by Gasteiger charge is -2.27. The minimum absolute atomic E-state index is 0.0594. The quantitative estimate of drug-likeness (QED) is 0.120. The highest BCUT2D eigenvalue weighted by Gasteiger charge is 2.31. The lowest BCUT2D eigenvalue weighted by molar-refractivity contribution is -0.643. The zero-order valence-electron chi connectivity index (χ0n) is 23.1. The molecule has 0 unspecified atom stereocenters. The van der Waals surface area contributed by atoms with Gasteiger partial charge in [0.1, 0.15) is 7.05 Å². The molecule has 0 aliphatic heterocycles. The van der Waals surface area contributed by atoms with Gasteiger partial charge in [0.2, 0.25) is 5.52 Å². The van der Waals surface area contributed by atoms with E-state index in [2.05, 4.69) is 141 Å². The van der Waals surface area contributed by atoms with Crippen LogP contribution in [0.15, 0.2) is 97.2 Å². The Hall–Kier alpha value is -4.43. The summed E-state index contributed by atoms with van der Waals surface area (Å²) in [6.45, 7) is 9.41. The van der Waals surface area contributed by atoms with E-state index in [4.69, 9.17) is 0 Å². The Bertz CT molecular complexity index is 2260. The second-order valence-electron chi connectivity index (χ2n) is 12.1. The zero-order valence-corrected chi connectivity index (χ0v) is 23.1. The SMILES string of the molecule is Cc1c2ccccc2c(C(C)(C)C)c2c1c1c3c(cc[n+]1C)cc(-c1ccccc1)c1c4ccccc4n2c13. The molecule has 0 atom stereocenters. The van der Waals surface area contributed by atoms with Gasteiger partial charge >= 0.3 is 0 Å². The van der Waals surface area contributed by atoms with Gasteiger partial charge in [0.05, 0.1) is 27.3 Å². The van der Waals surface area contributed by atoms with Crippen LogP contribution in [0.25, 0.3) is 70.9 Å². The van der Waals surface area contributed by atoms with Crippen molar-refractivity contribution in [3.05, 3.63) is 108 Å². The van der Waals surface area contributed by atoms with Gasteiger partial charge in [-0.2, -0.15) is 0 Å². The summed E-state index contributed by atoms with van der Waals surface area (Å²) < 4.78 is 4.96. The predicted octanol–water partition coefficient (Wildman–Crippen LogP) is 9.24. The number of hydrogen-bond donors (Lipinski definition) is 0. The second-order valence-corrected chi connectivity index (χ2v) is 12.1. The summed E-state index contributed by atoms with van der Waals surface area (Å²) in [5.74, 6) is 0. The normalized spacial score (nSPS) is 12.7. The van der Waals surface area contributed by atoms with Crippen molar-refractivity contribution in [1.82, 2.24) is 4.40 Å². The van der Waals surface area contributed by atoms with Crippen molar-refractivity contribution in [2.75, 3.05) is 0 Å². The topological polar surface area (TPSA) is 8.29 Å². The molecule has 0 aliphatic rings. The summed E-state index contributed by atoms with van der Waals surface area (Å²) in [5.41, 5.74) is 10.5. The lowest BCUT2D eigenvalue weighted by atomic mass is 9.80. The van der Waals surface area contributed by atoms with Gasteiger partial charge in [0.15, 0.2) is 6.20 Å². The van der Waals surface area contributed by atoms with Crippen molar-refractivity contribution >= 4 is 59.8 Å². The highest BCUT2D eigenvalue weighted by molar-refractivity contribution is 6.31. The van der Waals surface area contributed by atoms with Crippen molar-refractivity contribution < 1.29 is 4.57 Å². The van der Waals surface area contributed by atoms with Crippen LogP contribution >= 0.6 is 0 Å². The fourth-order valence-electron chi connectivity index (χ4n) is 7.25. The van der Waals surface area contributed by atoms with Crippen LogP contribution < -0.4 is 4.57 Å². The summed E-state index contributed by atoms with van der Waals surface area (Å²) in [6, 6.07) is 33.6. The third kappa shape index (κ3) is 2.84. The van der Waals surface area contributed by atoms with Gasteiger partial charge in [-0.25, -0.2) is 4.57 Å². The molecule has 0 bridgehead atoms. The first-order valence-corrected chi connectivity index (χ1v) is 13.9. The third-order valence-electron chi connectivity index (χ3n) is 8.78.